The van der Waals surface area contributed by atoms with Gasteiger partial charge in [0.2, 0.25) is 5.91 Å². The zero-order chi connectivity index (χ0) is 13.5. The third-order valence-electron chi connectivity index (χ3n) is 2.32. The van der Waals surface area contributed by atoms with Crippen molar-refractivity contribution in [3.63, 3.8) is 0 Å². The fourth-order valence-corrected chi connectivity index (χ4v) is 1.86. The first kappa shape index (κ1) is 14.3. The van der Waals surface area contributed by atoms with Gasteiger partial charge in [0.25, 0.3) is 5.69 Å². The van der Waals surface area contributed by atoms with Gasteiger partial charge >= 0.3 is 0 Å². The number of nitrogens with one attached hydrogen (secondary N) is 1. The van der Waals surface area contributed by atoms with Crippen molar-refractivity contribution < 1.29 is 9.72 Å². The van der Waals surface area contributed by atoms with Crippen molar-refractivity contribution in [3.05, 3.63) is 33.9 Å². The van der Waals surface area contributed by atoms with E-state index in [1.165, 1.54) is 18.2 Å². The molecule has 0 aromatic heterocycles. The molecule has 1 aromatic carbocycles. The summed E-state index contributed by atoms with van der Waals surface area (Å²) in [6.45, 7) is 0.615. The minimum Gasteiger partial charge on any atom is -0.379 e. The molecule has 18 heavy (non-hydrogen) atoms. The largest absolute Gasteiger partial charge is 0.379 e. The minimum absolute atomic E-state index is 0.0517. The number of rotatable bonds is 7. The van der Waals surface area contributed by atoms with Crippen molar-refractivity contribution in [2.45, 2.75) is 6.42 Å². The first-order valence-electron chi connectivity index (χ1n) is 5.37. The second-order valence-corrected chi connectivity index (χ2v) is 4.61. The molecule has 6 nitrogen and oxygen atoms in total. The summed E-state index contributed by atoms with van der Waals surface area (Å²) in [5.41, 5.74) is 5.68. The number of benzene rings is 1. The fourth-order valence-electron chi connectivity index (χ4n) is 1.43. The first-order valence-corrected chi connectivity index (χ1v) is 6.76. The van der Waals surface area contributed by atoms with Gasteiger partial charge in [-0.15, -0.1) is 0 Å². The summed E-state index contributed by atoms with van der Waals surface area (Å²) in [6.07, 6.45) is 2.88. The summed E-state index contributed by atoms with van der Waals surface area (Å²) in [5, 5.41) is 13.8. The van der Waals surface area contributed by atoms with E-state index in [4.69, 9.17) is 5.73 Å². The molecule has 1 rings (SSSR count). The number of nitro benzene ring substituents is 1. The number of primary amides is 1. The van der Waals surface area contributed by atoms with Crippen LogP contribution in [0.2, 0.25) is 0 Å². The SMILES string of the molecule is CSCCCNc1cc(C(N)=O)ccc1[N+](=O)[O-]. The smallest absolute Gasteiger partial charge is 0.292 e. The topological polar surface area (TPSA) is 98.3 Å². The van der Waals surface area contributed by atoms with Crippen molar-refractivity contribution in [2.75, 3.05) is 23.9 Å². The molecule has 1 amide bonds. The van der Waals surface area contributed by atoms with E-state index in [9.17, 15) is 14.9 Å². The zero-order valence-electron chi connectivity index (χ0n) is 10.0. The molecule has 98 valence electrons. The lowest BCUT2D eigenvalue weighted by atomic mass is 10.1. The molecular formula is C11H15N3O3S. The highest BCUT2D eigenvalue weighted by Gasteiger charge is 2.15. The zero-order valence-corrected chi connectivity index (χ0v) is 10.8. The molecule has 0 aliphatic heterocycles. The van der Waals surface area contributed by atoms with Crippen LogP contribution >= 0.6 is 11.8 Å². The van der Waals surface area contributed by atoms with Crippen LogP contribution in [0.15, 0.2) is 18.2 Å². The standard InChI is InChI=1S/C11H15N3O3S/c1-18-6-2-5-13-9-7-8(11(12)15)3-4-10(9)14(16)17/h3-4,7,13H,2,5-6H2,1H3,(H2,12,15). The molecule has 0 aliphatic rings. The van der Waals surface area contributed by atoms with Crippen molar-refractivity contribution in [1.82, 2.24) is 0 Å². The van der Waals surface area contributed by atoms with Gasteiger partial charge < -0.3 is 11.1 Å². The molecule has 0 aliphatic carbocycles. The van der Waals surface area contributed by atoms with Crippen LogP contribution in [0.1, 0.15) is 16.8 Å². The summed E-state index contributed by atoms with van der Waals surface area (Å²) in [5.74, 6) is 0.369. The maximum atomic E-state index is 11.0. The van der Waals surface area contributed by atoms with Crippen molar-refractivity contribution in [3.8, 4) is 0 Å². The Bertz CT molecular complexity index is 451. The summed E-state index contributed by atoms with van der Waals surface area (Å²) < 4.78 is 0. The number of carbonyl (C=O) groups excluding carboxylic acids is 1. The highest BCUT2D eigenvalue weighted by atomic mass is 32.2. The van der Waals surface area contributed by atoms with Crippen LogP contribution in [0, 0.1) is 10.1 Å². The van der Waals surface area contributed by atoms with Gasteiger partial charge in [0.15, 0.2) is 0 Å². The molecular weight excluding hydrogens is 254 g/mol. The third kappa shape index (κ3) is 3.92. The van der Waals surface area contributed by atoms with E-state index in [0.29, 0.717) is 12.2 Å². The van der Waals surface area contributed by atoms with Crippen LogP contribution in [0.5, 0.6) is 0 Å². The van der Waals surface area contributed by atoms with Gasteiger partial charge in [0.05, 0.1) is 4.92 Å². The summed E-state index contributed by atoms with van der Waals surface area (Å²) in [6, 6.07) is 4.06. The second-order valence-electron chi connectivity index (χ2n) is 3.63. The Morgan fingerprint density at radius 3 is 2.83 bits per heavy atom. The minimum atomic E-state index is -0.600. The normalized spacial score (nSPS) is 10.1. The number of carbonyl (C=O) groups is 1. The van der Waals surface area contributed by atoms with E-state index in [1.807, 2.05) is 6.26 Å². The molecule has 3 N–H and O–H groups in total. The third-order valence-corrected chi connectivity index (χ3v) is 3.02. The molecule has 0 radical (unpaired) electrons. The summed E-state index contributed by atoms with van der Waals surface area (Å²) >= 11 is 1.71. The molecule has 1 aromatic rings. The Morgan fingerprint density at radius 1 is 1.56 bits per heavy atom. The van der Waals surface area contributed by atoms with Gasteiger partial charge in [-0.1, -0.05) is 0 Å². The van der Waals surface area contributed by atoms with E-state index < -0.39 is 10.8 Å². The molecule has 7 heteroatoms. The Labute approximate surface area is 109 Å². The van der Waals surface area contributed by atoms with Gasteiger partial charge in [-0.3, -0.25) is 14.9 Å². The first-order chi connectivity index (χ1) is 8.56. The molecule has 0 saturated carbocycles. The molecule has 0 atom stereocenters. The van der Waals surface area contributed by atoms with E-state index >= 15 is 0 Å². The Hall–Kier alpha value is -1.76. The maximum Gasteiger partial charge on any atom is 0.292 e. The van der Waals surface area contributed by atoms with Crippen molar-refractivity contribution >= 4 is 29.0 Å². The Morgan fingerprint density at radius 2 is 2.28 bits per heavy atom. The Kier molecular flexibility index (Phi) is 5.44. The summed E-state index contributed by atoms with van der Waals surface area (Å²) in [4.78, 5) is 21.4. The molecule has 0 heterocycles. The lowest BCUT2D eigenvalue weighted by Crippen LogP contribution is -2.12. The van der Waals surface area contributed by atoms with Crippen LogP contribution in [-0.4, -0.2) is 29.4 Å². The van der Waals surface area contributed by atoms with Gasteiger partial charge in [-0.05, 0) is 30.6 Å². The average molecular weight is 269 g/mol. The predicted molar refractivity (Wildman–Crippen MR) is 73.1 cm³/mol. The van der Waals surface area contributed by atoms with Gasteiger partial charge in [0, 0.05) is 18.2 Å². The second kappa shape index (κ2) is 6.85. The van der Waals surface area contributed by atoms with Gasteiger partial charge in [-0.25, -0.2) is 0 Å². The highest BCUT2D eigenvalue weighted by molar-refractivity contribution is 7.98. The average Bonchev–Trinajstić information content (AvgIpc) is 2.34. The number of nitrogens with zero attached hydrogens (tertiary/aromatic N) is 1. The highest BCUT2D eigenvalue weighted by Crippen LogP contribution is 2.25. The van der Waals surface area contributed by atoms with E-state index in [2.05, 4.69) is 5.32 Å². The van der Waals surface area contributed by atoms with Gasteiger partial charge in [-0.2, -0.15) is 11.8 Å². The van der Waals surface area contributed by atoms with Crippen LogP contribution in [-0.2, 0) is 0 Å². The predicted octanol–water partition coefficient (Wildman–Crippen LogP) is 1.86. The van der Waals surface area contributed by atoms with E-state index in [-0.39, 0.29) is 11.3 Å². The number of hydrogen-bond acceptors (Lipinski definition) is 5. The van der Waals surface area contributed by atoms with Crippen molar-refractivity contribution in [2.24, 2.45) is 5.73 Å². The summed E-state index contributed by atoms with van der Waals surface area (Å²) in [7, 11) is 0. The maximum absolute atomic E-state index is 11.0. The number of nitrogens with two attached hydrogens (primary N) is 1. The molecule has 0 spiro atoms. The number of anilines is 1. The van der Waals surface area contributed by atoms with Gasteiger partial charge in [0.1, 0.15) is 5.69 Å². The fraction of sp³-hybridized carbons (Fsp3) is 0.364. The van der Waals surface area contributed by atoms with Crippen LogP contribution in [0.25, 0.3) is 0 Å². The molecule has 0 fully saturated rings. The van der Waals surface area contributed by atoms with Crippen molar-refractivity contribution in [1.29, 1.82) is 0 Å². The van der Waals surface area contributed by atoms with Crippen LogP contribution in [0.4, 0.5) is 11.4 Å². The van der Waals surface area contributed by atoms with E-state index in [0.717, 1.165) is 12.2 Å². The lowest BCUT2D eigenvalue weighted by molar-refractivity contribution is -0.384. The molecule has 0 bridgehead atoms. The van der Waals surface area contributed by atoms with E-state index in [1.54, 1.807) is 11.8 Å². The van der Waals surface area contributed by atoms with Crippen LogP contribution in [0.3, 0.4) is 0 Å². The van der Waals surface area contributed by atoms with Crippen LogP contribution < -0.4 is 11.1 Å². The number of thioether (sulfide) groups is 1. The Balaban J connectivity index is 2.86. The molecule has 0 unspecified atom stereocenters. The monoisotopic (exact) mass is 269 g/mol. The molecule has 0 saturated heterocycles. The number of amides is 1. The quantitative estimate of drug-likeness (QED) is 0.447. The number of hydrogen-bond donors (Lipinski definition) is 2. The number of nitro groups is 1. The lowest BCUT2D eigenvalue weighted by Gasteiger charge is -2.07.